The molecule has 0 saturated heterocycles. The van der Waals surface area contributed by atoms with E-state index >= 15 is 0 Å². The SMILES string of the molecule is C[C@@H](N)c1ccc(OCc2cc(F)cc(Br)c2)cc1F. The zero-order valence-electron chi connectivity index (χ0n) is 10.9. The van der Waals surface area contributed by atoms with Crippen LogP contribution in [0.2, 0.25) is 0 Å². The van der Waals surface area contributed by atoms with E-state index in [-0.39, 0.29) is 18.5 Å². The highest BCUT2D eigenvalue weighted by molar-refractivity contribution is 9.10. The van der Waals surface area contributed by atoms with Crippen LogP contribution in [0.25, 0.3) is 0 Å². The molecule has 0 aliphatic carbocycles. The fraction of sp³-hybridized carbons (Fsp3) is 0.200. The molecule has 106 valence electrons. The van der Waals surface area contributed by atoms with E-state index in [0.29, 0.717) is 21.3 Å². The van der Waals surface area contributed by atoms with Crippen molar-refractivity contribution in [2.45, 2.75) is 19.6 Å². The van der Waals surface area contributed by atoms with Gasteiger partial charge in [-0.15, -0.1) is 0 Å². The summed E-state index contributed by atoms with van der Waals surface area (Å²) < 4.78 is 33.0. The highest BCUT2D eigenvalue weighted by Crippen LogP contribution is 2.22. The Bertz CT molecular complexity index is 597. The smallest absolute Gasteiger partial charge is 0.131 e. The zero-order chi connectivity index (χ0) is 14.7. The summed E-state index contributed by atoms with van der Waals surface area (Å²) in [6, 6.07) is 8.64. The molecule has 5 heteroatoms. The van der Waals surface area contributed by atoms with Crippen LogP contribution in [0, 0.1) is 11.6 Å². The largest absolute Gasteiger partial charge is 0.489 e. The minimum absolute atomic E-state index is 0.160. The third-order valence-electron chi connectivity index (χ3n) is 2.79. The van der Waals surface area contributed by atoms with Gasteiger partial charge in [-0.1, -0.05) is 22.0 Å². The Balaban J connectivity index is 2.09. The second-order valence-electron chi connectivity index (χ2n) is 4.54. The van der Waals surface area contributed by atoms with Gasteiger partial charge in [0.15, 0.2) is 0 Å². The molecule has 2 rings (SSSR count). The summed E-state index contributed by atoms with van der Waals surface area (Å²) in [5, 5.41) is 0. The Hall–Kier alpha value is -1.46. The first-order chi connectivity index (χ1) is 9.45. The summed E-state index contributed by atoms with van der Waals surface area (Å²) in [4.78, 5) is 0. The number of hydrogen-bond acceptors (Lipinski definition) is 2. The van der Waals surface area contributed by atoms with E-state index in [4.69, 9.17) is 10.5 Å². The third kappa shape index (κ3) is 3.77. The van der Waals surface area contributed by atoms with Crippen LogP contribution in [0.5, 0.6) is 5.75 Å². The molecule has 0 aliphatic heterocycles. The highest BCUT2D eigenvalue weighted by Gasteiger charge is 2.08. The molecule has 0 fully saturated rings. The lowest BCUT2D eigenvalue weighted by molar-refractivity contribution is 0.303. The molecule has 0 saturated carbocycles. The van der Waals surface area contributed by atoms with Crippen LogP contribution in [0.1, 0.15) is 24.1 Å². The Morgan fingerprint density at radius 3 is 2.55 bits per heavy atom. The van der Waals surface area contributed by atoms with Crippen LogP contribution in [0.4, 0.5) is 8.78 Å². The number of nitrogens with two attached hydrogens (primary N) is 1. The molecule has 0 unspecified atom stereocenters. The van der Waals surface area contributed by atoms with Crippen molar-refractivity contribution < 1.29 is 13.5 Å². The molecule has 20 heavy (non-hydrogen) atoms. The first kappa shape index (κ1) is 14.9. The number of hydrogen-bond donors (Lipinski definition) is 1. The van der Waals surface area contributed by atoms with Gasteiger partial charge in [0.05, 0.1) is 0 Å². The zero-order valence-corrected chi connectivity index (χ0v) is 12.5. The van der Waals surface area contributed by atoms with Crippen molar-refractivity contribution in [2.75, 3.05) is 0 Å². The maximum absolute atomic E-state index is 13.7. The van der Waals surface area contributed by atoms with Crippen molar-refractivity contribution in [2.24, 2.45) is 5.73 Å². The minimum Gasteiger partial charge on any atom is -0.489 e. The van der Waals surface area contributed by atoms with Crippen LogP contribution in [-0.2, 0) is 6.61 Å². The van der Waals surface area contributed by atoms with Crippen molar-refractivity contribution in [1.29, 1.82) is 0 Å². The van der Waals surface area contributed by atoms with Gasteiger partial charge in [0.25, 0.3) is 0 Å². The van der Waals surface area contributed by atoms with Gasteiger partial charge in [0.2, 0.25) is 0 Å². The van der Waals surface area contributed by atoms with E-state index < -0.39 is 5.82 Å². The lowest BCUT2D eigenvalue weighted by atomic mass is 10.1. The number of ether oxygens (including phenoxy) is 1. The van der Waals surface area contributed by atoms with Gasteiger partial charge in [0.1, 0.15) is 24.0 Å². The Morgan fingerprint density at radius 2 is 1.95 bits per heavy atom. The predicted octanol–water partition coefficient (Wildman–Crippen LogP) is 4.33. The van der Waals surface area contributed by atoms with Gasteiger partial charge in [-0.25, -0.2) is 8.78 Å². The normalized spacial score (nSPS) is 12.2. The molecule has 0 heterocycles. The molecular formula is C15H14BrF2NO. The monoisotopic (exact) mass is 341 g/mol. The Kier molecular flexibility index (Phi) is 4.73. The second kappa shape index (κ2) is 6.33. The molecular weight excluding hydrogens is 328 g/mol. The van der Waals surface area contributed by atoms with Crippen LogP contribution < -0.4 is 10.5 Å². The summed E-state index contributed by atoms with van der Waals surface area (Å²) in [5.41, 5.74) is 6.73. The molecule has 2 aromatic carbocycles. The van der Waals surface area contributed by atoms with E-state index in [1.165, 1.54) is 18.2 Å². The molecule has 0 spiro atoms. The molecule has 0 aliphatic rings. The van der Waals surface area contributed by atoms with Crippen LogP contribution in [-0.4, -0.2) is 0 Å². The van der Waals surface area contributed by atoms with Crippen LogP contribution >= 0.6 is 15.9 Å². The van der Waals surface area contributed by atoms with Crippen LogP contribution in [0.15, 0.2) is 40.9 Å². The summed E-state index contributed by atoms with van der Waals surface area (Å²) >= 11 is 3.21. The Morgan fingerprint density at radius 1 is 1.20 bits per heavy atom. The van der Waals surface area contributed by atoms with Crippen molar-refractivity contribution in [1.82, 2.24) is 0 Å². The lowest BCUT2D eigenvalue weighted by Crippen LogP contribution is -2.07. The average Bonchev–Trinajstić information content (AvgIpc) is 2.35. The van der Waals surface area contributed by atoms with Gasteiger partial charge < -0.3 is 10.5 Å². The van der Waals surface area contributed by atoms with Gasteiger partial charge in [-0.05, 0) is 36.8 Å². The molecule has 0 aromatic heterocycles. The third-order valence-corrected chi connectivity index (χ3v) is 3.25. The highest BCUT2D eigenvalue weighted by atomic mass is 79.9. The molecule has 2 nitrogen and oxygen atoms in total. The van der Waals surface area contributed by atoms with E-state index in [2.05, 4.69) is 15.9 Å². The number of benzene rings is 2. The standard InChI is InChI=1S/C15H14BrF2NO/c1-9(19)14-3-2-13(7-15(14)18)20-8-10-4-11(16)6-12(17)5-10/h2-7,9H,8,19H2,1H3/t9-/m1/s1. The summed E-state index contributed by atoms with van der Waals surface area (Å²) in [6.45, 7) is 1.87. The lowest BCUT2D eigenvalue weighted by Gasteiger charge is -2.11. The number of halogens is 3. The molecule has 2 aromatic rings. The topological polar surface area (TPSA) is 35.2 Å². The van der Waals surface area contributed by atoms with Gasteiger partial charge in [-0.2, -0.15) is 0 Å². The average molecular weight is 342 g/mol. The van der Waals surface area contributed by atoms with E-state index in [1.807, 2.05) is 0 Å². The summed E-state index contributed by atoms with van der Waals surface area (Å²) in [7, 11) is 0. The fourth-order valence-electron chi connectivity index (χ4n) is 1.83. The Labute approximate surface area is 124 Å². The van der Waals surface area contributed by atoms with Crippen molar-refractivity contribution >= 4 is 15.9 Å². The minimum atomic E-state index is -0.405. The van der Waals surface area contributed by atoms with Crippen LogP contribution in [0.3, 0.4) is 0 Å². The van der Waals surface area contributed by atoms with Crippen molar-refractivity contribution in [3.05, 3.63) is 63.6 Å². The summed E-state index contributed by atoms with van der Waals surface area (Å²) in [6.07, 6.45) is 0. The van der Waals surface area contributed by atoms with Crippen molar-refractivity contribution in [3.63, 3.8) is 0 Å². The molecule has 2 N–H and O–H groups in total. The second-order valence-corrected chi connectivity index (χ2v) is 5.45. The molecule has 0 amide bonds. The fourth-order valence-corrected chi connectivity index (χ4v) is 2.34. The first-order valence-electron chi connectivity index (χ1n) is 6.08. The molecule has 1 atom stereocenters. The molecule has 0 radical (unpaired) electrons. The molecule has 0 bridgehead atoms. The van der Waals surface area contributed by atoms with Crippen molar-refractivity contribution in [3.8, 4) is 5.75 Å². The van der Waals surface area contributed by atoms with E-state index in [0.717, 1.165) is 0 Å². The number of rotatable bonds is 4. The van der Waals surface area contributed by atoms with E-state index in [1.54, 1.807) is 25.1 Å². The van der Waals surface area contributed by atoms with Gasteiger partial charge in [-0.3, -0.25) is 0 Å². The first-order valence-corrected chi connectivity index (χ1v) is 6.88. The summed E-state index contributed by atoms with van der Waals surface area (Å²) in [5.74, 6) is -0.373. The van der Waals surface area contributed by atoms with E-state index in [9.17, 15) is 8.78 Å². The maximum Gasteiger partial charge on any atom is 0.131 e. The quantitative estimate of drug-likeness (QED) is 0.898. The predicted molar refractivity (Wildman–Crippen MR) is 77.4 cm³/mol. The van der Waals surface area contributed by atoms with Gasteiger partial charge >= 0.3 is 0 Å². The van der Waals surface area contributed by atoms with Gasteiger partial charge in [0, 0.05) is 22.1 Å². The maximum atomic E-state index is 13.7.